The Labute approximate surface area is 214 Å². The lowest BCUT2D eigenvalue weighted by Gasteiger charge is -2.48. The maximum Gasteiger partial charge on any atom is 0.303 e. The molecule has 0 spiro atoms. The maximum absolute atomic E-state index is 13.6. The van der Waals surface area contributed by atoms with Crippen molar-refractivity contribution >= 4 is 29.5 Å². The van der Waals surface area contributed by atoms with Gasteiger partial charge in [0.15, 0.2) is 12.4 Å². The first kappa shape index (κ1) is 25.0. The van der Waals surface area contributed by atoms with Gasteiger partial charge in [-0.1, -0.05) is 42.1 Å². The summed E-state index contributed by atoms with van der Waals surface area (Å²) >= 11 is 1.40. The van der Waals surface area contributed by atoms with Crippen LogP contribution in [0, 0.1) is 0 Å². The van der Waals surface area contributed by atoms with Gasteiger partial charge in [-0.05, 0) is 50.5 Å². The summed E-state index contributed by atoms with van der Waals surface area (Å²) in [5.74, 6) is -1.34. The normalized spacial score (nSPS) is 30.2. The summed E-state index contributed by atoms with van der Waals surface area (Å²) < 4.78 is 24.4. The number of carbonyl (C=O) groups is 3. The molecule has 0 aromatic heterocycles. The van der Waals surface area contributed by atoms with Crippen molar-refractivity contribution in [2.45, 2.75) is 74.1 Å². The Kier molecular flexibility index (Phi) is 7.43. The molecule has 2 amide bonds. The van der Waals surface area contributed by atoms with Gasteiger partial charge in [-0.15, -0.1) is 0 Å². The third-order valence-corrected chi connectivity index (χ3v) is 7.79. The van der Waals surface area contributed by atoms with Crippen molar-refractivity contribution in [3.8, 4) is 0 Å². The second-order valence-electron chi connectivity index (χ2n) is 9.13. The number of amides is 2. The molecule has 0 bridgehead atoms. The van der Waals surface area contributed by atoms with Gasteiger partial charge in [0.2, 0.25) is 0 Å². The van der Waals surface area contributed by atoms with Gasteiger partial charge < -0.3 is 18.9 Å². The van der Waals surface area contributed by atoms with Crippen molar-refractivity contribution in [3.05, 3.63) is 65.7 Å². The Morgan fingerprint density at radius 1 is 0.972 bits per heavy atom. The molecule has 3 aliphatic heterocycles. The molecule has 36 heavy (non-hydrogen) atoms. The van der Waals surface area contributed by atoms with Crippen LogP contribution in [-0.2, 0) is 23.7 Å². The molecule has 2 aromatic carbocycles. The quantitative estimate of drug-likeness (QED) is 0.424. The first-order valence-electron chi connectivity index (χ1n) is 12.2. The van der Waals surface area contributed by atoms with Crippen LogP contribution in [0.2, 0.25) is 0 Å². The summed E-state index contributed by atoms with van der Waals surface area (Å²) in [7, 11) is 0. The number of hydrogen-bond donors (Lipinski definition) is 0. The van der Waals surface area contributed by atoms with E-state index < -0.39 is 53.9 Å². The van der Waals surface area contributed by atoms with E-state index >= 15 is 0 Å². The number of fused-ring (bicyclic) bond motifs is 1. The van der Waals surface area contributed by atoms with E-state index in [1.807, 2.05) is 37.3 Å². The molecule has 0 aliphatic carbocycles. The number of imide groups is 1. The molecule has 0 N–H and O–H groups in total. The molecule has 2 aromatic rings. The van der Waals surface area contributed by atoms with Gasteiger partial charge in [0, 0.05) is 18.4 Å². The Morgan fingerprint density at radius 2 is 1.64 bits per heavy atom. The standard InChI is InChI=1S/C27H29NO7S/c1-16-23(34-17(2)29)24(35-21-14-8-9-15-32-21)22(27(33-16)36-18-10-4-3-5-11-18)28-25(30)19-12-6-7-13-20(19)26(28)31/h3-7,10-13,16,21-24,27H,8-9,14-15H2,1-2H3/t16-,21?,22-,23+,24-,27-/m1/s1. The zero-order valence-corrected chi connectivity index (χ0v) is 21.0. The minimum Gasteiger partial charge on any atom is -0.457 e. The number of nitrogens with zero attached hydrogens (tertiary/aromatic N) is 1. The van der Waals surface area contributed by atoms with Gasteiger partial charge in [-0.25, -0.2) is 0 Å². The predicted octanol–water partition coefficient (Wildman–Crippen LogP) is 4.03. The molecule has 1 unspecified atom stereocenters. The van der Waals surface area contributed by atoms with Gasteiger partial charge in [0.25, 0.3) is 11.8 Å². The third kappa shape index (κ3) is 4.93. The fourth-order valence-corrected chi connectivity index (χ4v) is 6.20. The second-order valence-corrected chi connectivity index (χ2v) is 10.3. The zero-order valence-electron chi connectivity index (χ0n) is 20.2. The predicted molar refractivity (Wildman–Crippen MR) is 131 cm³/mol. The van der Waals surface area contributed by atoms with Gasteiger partial charge in [-0.2, -0.15) is 0 Å². The van der Waals surface area contributed by atoms with E-state index in [0.717, 1.165) is 17.7 Å². The van der Waals surface area contributed by atoms with Crippen molar-refractivity contribution in [2.24, 2.45) is 0 Å². The van der Waals surface area contributed by atoms with E-state index in [1.54, 1.807) is 24.3 Å². The van der Waals surface area contributed by atoms with Crippen LogP contribution in [0.3, 0.4) is 0 Å². The number of hydrogen-bond acceptors (Lipinski definition) is 8. The van der Waals surface area contributed by atoms with E-state index in [9.17, 15) is 14.4 Å². The van der Waals surface area contributed by atoms with Gasteiger partial charge in [-0.3, -0.25) is 19.3 Å². The van der Waals surface area contributed by atoms with Crippen LogP contribution in [0.5, 0.6) is 0 Å². The molecule has 0 radical (unpaired) electrons. The molecule has 2 saturated heterocycles. The van der Waals surface area contributed by atoms with E-state index in [4.69, 9.17) is 18.9 Å². The van der Waals surface area contributed by atoms with E-state index in [-0.39, 0.29) is 0 Å². The van der Waals surface area contributed by atoms with Crippen molar-refractivity contribution in [3.63, 3.8) is 0 Å². The molecule has 5 rings (SSSR count). The first-order chi connectivity index (χ1) is 17.4. The van der Waals surface area contributed by atoms with E-state index in [0.29, 0.717) is 24.2 Å². The number of benzene rings is 2. The molecule has 3 aliphatic rings. The van der Waals surface area contributed by atoms with E-state index in [2.05, 4.69) is 0 Å². The average Bonchev–Trinajstić information content (AvgIpc) is 3.13. The van der Waals surface area contributed by atoms with Crippen LogP contribution >= 0.6 is 11.8 Å². The summed E-state index contributed by atoms with van der Waals surface area (Å²) in [6.45, 7) is 3.69. The van der Waals surface area contributed by atoms with Crippen LogP contribution in [0.15, 0.2) is 59.5 Å². The maximum atomic E-state index is 13.6. The minimum absolute atomic E-state index is 0.335. The highest BCUT2D eigenvalue weighted by molar-refractivity contribution is 7.99. The van der Waals surface area contributed by atoms with E-state index in [1.165, 1.54) is 23.6 Å². The monoisotopic (exact) mass is 511 g/mol. The minimum atomic E-state index is -0.867. The summed E-state index contributed by atoms with van der Waals surface area (Å²) in [6.07, 6.45) is -0.224. The molecule has 8 nitrogen and oxygen atoms in total. The van der Waals surface area contributed by atoms with Crippen molar-refractivity contribution in [2.75, 3.05) is 6.61 Å². The van der Waals surface area contributed by atoms with Gasteiger partial charge in [0.1, 0.15) is 17.6 Å². The summed E-state index contributed by atoms with van der Waals surface area (Å²) in [4.78, 5) is 41.4. The summed E-state index contributed by atoms with van der Waals surface area (Å²) in [6, 6.07) is 15.5. The molecular formula is C27H29NO7S. The fraction of sp³-hybridized carbons (Fsp3) is 0.444. The van der Waals surface area contributed by atoms with Crippen molar-refractivity contribution in [1.29, 1.82) is 0 Å². The SMILES string of the molecule is CC(=O)O[C@@H]1[C@H](OC2CCCCO2)[C@@H](N2C(=O)c3ccccc3C2=O)[C@@H](Sc2ccccc2)O[C@@H]1C. The molecule has 190 valence electrons. The Morgan fingerprint density at radius 3 is 2.25 bits per heavy atom. The number of carbonyl (C=O) groups excluding carboxylic acids is 3. The van der Waals surface area contributed by atoms with Crippen LogP contribution < -0.4 is 0 Å². The molecule has 0 saturated carbocycles. The summed E-state index contributed by atoms with van der Waals surface area (Å²) in [5.41, 5.74) is 0.00702. The first-order valence-corrected chi connectivity index (χ1v) is 13.1. The van der Waals surface area contributed by atoms with Gasteiger partial charge in [0.05, 0.1) is 17.2 Å². The van der Waals surface area contributed by atoms with Crippen LogP contribution in [-0.4, -0.2) is 65.4 Å². The zero-order chi connectivity index (χ0) is 25.2. The molecule has 2 fully saturated rings. The average molecular weight is 512 g/mol. The molecule has 3 heterocycles. The second kappa shape index (κ2) is 10.7. The fourth-order valence-electron chi connectivity index (χ4n) is 4.97. The lowest BCUT2D eigenvalue weighted by molar-refractivity contribution is -0.258. The molecule has 6 atom stereocenters. The van der Waals surface area contributed by atoms with Crippen LogP contribution in [0.25, 0.3) is 0 Å². The topological polar surface area (TPSA) is 91.4 Å². The molecule has 9 heteroatoms. The lowest BCUT2D eigenvalue weighted by atomic mass is 9.96. The number of rotatable bonds is 6. The molecular weight excluding hydrogens is 482 g/mol. The lowest BCUT2D eigenvalue weighted by Crippen LogP contribution is -2.65. The Balaban J connectivity index is 1.56. The third-order valence-electron chi connectivity index (χ3n) is 6.62. The number of ether oxygens (including phenoxy) is 4. The van der Waals surface area contributed by atoms with Crippen molar-refractivity contribution in [1.82, 2.24) is 4.90 Å². The Bertz CT molecular complexity index is 1090. The number of esters is 1. The Hall–Kier alpha value is -2.72. The number of thioether (sulfide) groups is 1. The summed E-state index contributed by atoms with van der Waals surface area (Å²) in [5, 5.41) is 0. The largest absolute Gasteiger partial charge is 0.457 e. The van der Waals surface area contributed by atoms with Crippen LogP contribution in [0.1, 0.15) is 53.8 Å². The highest BCUT2D eigenvalue weighted by Crippen LogP contribution is 2.41. The highest BCUT2D eigenvalue weighted by Gasteiger charge is 2.55. The van der Waals surface area contributed by atoms with Crippen molar-refractivity contribution < 1.29 is 33.3 Å². The van der Waals surface area contributed by atoms with Gasteiger partial charge >= 0.3 is 5.97 Å². The smallest absolute Gasteiger partial charge is 0.303 e. The van der Waals surface area contributed by atoms with Crippen LogP contribution in [0.4, 0.5) is 0 Å². The highest BCUT2D eigenvalue weighted by atomic mass is 32.2.